The Morgan fingerprint density at radius 2 is 1.68 bits per heavy atom. The molecule has 0 aliphatic heterocycles. The second-order valence-corrected chi connectivity index (χ2v) is 3.78. The molecule has 1 aromatic carbocycles. The van der Waals surface area contributed by atoms with E-state index in [-0.39, 0.29) is 5.69 Å². The third kappa shape index (κ3) is 4.72. The summed E-state index contributed by atoms with van der Waals surface area (Å²) in [7, 11) is 0. The predicted octanol–water partition coefficient (Wildman–Crippen LogP) is 3.31. The third-order valence-corrected chi connectivity index (χ3v) is 2.44. The normalized spacial score (nSPS) is 11.1. The van der Waals surface area contributed by atoms with Crippen molar-refractivity contribution < 1.29 is 22.6 Å². The molecule has 0 atom stereocenters. The molecule has 0 aliphatic carbocycles. The van der Waals surface area contributed by atoms with Gasteiger partial charge in [-0.05, 0) is 26.0 Å². The van der Waals surface area contributed by atoms with Crippen LogP contribution >= 0.6 is 0 Å². The van der Waals surface area contributed by atoms with Gasteiger partial charge >= 0.3 is 0 Å². The van der Waals surface area contributed by atoms with Crippen molar-refractivity contribution in [2.75, 3.05) is 25.1 Å². The molecule has 108 valence electrons. The number of rotatable bonds is 8. The van der Waals surface area contributed by atoms with Gasteiger partial charge in [-0.2, -0.15) is 0 Å². The van der Waals surface area contributed by atoms with E-state index in [0.29, 0.717) is 26.2 Å². The van der Waals surface area contributed by atoms with Gasteiger partial charge in [0.15, 0.2) is 23.7 Å². The van der Waals surface area contributed by atoms with Gasteiger partial charge in [-0.3, -0.25) is 0 Å². The molecule has 1 N–H and O–H groups in total. The van der Waals surface area contributed by atoms with Crippen LogP contribution in [0.2, 0.25) is 0 Å². The molecule has 0 saturated heterocycles. The zero-order valence-corrected chi connectivity index (χ0v) is 11.0. The van der Waals surface area contributed by atoms with Crippen molar-refractivity contribution >= 4 is 5.69 Å². The summed E-state index contributed by atoms with van der Waals surface area (Å²) in [4.78, 5) is 0. The largest absolute Gasteiger partial charge is 0.382 e. The highest BCUT2D eigenvalue weighted by Crippen LogP contribution is 2.19. The number of halogens is 3. The second kappa shape index (κ2) is 8.01. The highest BCUT2D eigenvalue weighted by atomic mass is 19.2. The molecule has 3 nitrogen and oxygen atoms in total. The molecule has 0 saturated carbocycles. The summed E-state index contributed by atoms with van der Waals surface area (Å²) in [6.45, 7) is 5.02. The van der Waals surface area contributed by atoms with Crippen molar-refractivity contribution in [2.45, 2.75) is 26.6 Å². The van der Waals surface area contributed by atoms with Crippen LogP contribution in [0.1, 0.15) is 20.3 Å². The fourth-order valence-electron chi connectivity index (χ4n) is 1.57. The molecular weight excluding hydrogens is 259 g/mol. The Bertz CT molecular complexity index is 396. The number of benzene rings is 1. The summed E-state index contributed by atoms with van der Waals surface area (Å²) in [5.41, 5.74) is -0.0781. The van der Waals surface area contributed by atoms with Gasteiger partial charge in [-0.1, -0.05) is 0 Å². The number of nitrogens with one attached hydrogen (secondary N) is 1. The first-order valence-electron chi connectivity index (χ1n) is 6.20. The molecule has 0 aliphatic rings. The van der Waals surface area contributed by atoms with Crippen LogP contribution in [0.3, 0.4) is 0 Å². The van der Waals surface area contributed by atoms with Gasteiger partial charge in [0.2, 0.25) is 0 Å². The van der Waals surface area contributed by atoms with Crippen molar-refractivity contribution in [3.63, 3.8) is 0 Å². The van der Waals surface area contributed by atoms with E-state index in [1.807, 2.05) is 13.8 Å². The monoisotopic (exact) mass is 277 g/mol. The smallest absolute Gasteiger partial charge is 0.196 e. The number of hydrogen-bond acceptors (Lipinski definition) is 3. The van der Waals surface area contributed by atoms with E-state index in [2.05, 4.69) is 5.32 Å². The summed E-state index contributed by atoms with van der Waals surface area (Å²) < 4.78 is 49.7. The molecule has 0 fully saturated rings. The Morgan fingerprint density at radius 1 is 1.05 bits per heavy atom. The average Bonchev–Trinajstić information content (AvgIpc) is 2.39. The van der Waals surface area contributed by atoms with Gasteiger partial charge in [0.05, 0.1) is 5.69 Å². The molecule has 0 bridgehead atoms. The fraction of sp³-hybridized carbons (Fsp3) is 0.538. The summed E-state index contributed by atoms with van der Waals surface area (Å²) in [6, 6.07) is 2.04. The quantitative estimate of drug-likeness (QED) is 0.584. The van der Waals surface area contributed by atoms with Crippen LogP contribution in [0.4, 0.5) is 18.9 Å². The van der Waals surface area contributed by atoms with Gasteiger partial charge in [0, 0.05) is 26.2 Å². The minimum Gasteiger partial charge on any atom is -0.382 e. The van der Waals surface area contributed by atoms with Gasteiger partial charge in [-0.25, -0.2) is 13.2 Å². The molecule has 0 spiro atoms. The van der Waals surface area contributed by atoms with Crippen LogP contribution in [-0.2, 0) is 9.47 Å². The van der Waals surface area contributed by atoms with Crippen molar-refractivity contribution in [2.24, 2.45) is 0 Å². The minimum atomic E-state index is -1.48. The summed E-state index contributed by atoms with van der Waals surface area (Å²) >= 11 is 0. The molecule has 0 heterocycles. The molecule has 0 amide bonds. The molecule has 0 radical (unpaired) electrons. The average molecular weight is 277 g/mol. The lowest BCUT2D eigenvalue weighted by atomic mass is 10.2. The van der Waals surface area contributed by atoms with Gasteiger partial charge in [0.1, 0.15) is 0 Å². The van der Waals surface area contributed by atoms with E-state index in [0.717, 1.165) is 12.1 Å². The number of ether oxygens (including phenoxy) is 2. The van der Waals surface area contributed by atoms with E-state index in [1.54, 1.807) is 0 Å². The lowest BCUT2D eigenvalue weighted by molar-refractivity contribution is -0.137. The molecule has 19 heavy (non-hydrogen) atoms. The Kier molecular flexibility index (Phi) is 6.66. The minimum absolute atomic E-state index is 0.0781. The standard InChI is InChI=1S/C13H18F3NO2/c1-3-18-11(19-4-2)7-8-17-10-6-5-9(14)12(15)13(10)16/h5-6,11,17H,3-4,7-8H2,1-2H3. The lowest BCUT2D eigenvalue weighted by Gasteiger charge is -2.17. The molecular formula is C13H18F3NO2. The first-order valence-corrected chi connectivity index (χ1v) is 6.20. The van der Waals surface area contributed by atoms with Crippen molar-refractivity contribution in [1.29, 1.82) is 0 Å². The molecule has 1 aromatic rings. The maximum Gasteiger partial charge on any atom is 0.196 e. The van der Waals surface area contributed by atoms with E-state index in [4.69, 9.17) is 9.47 Å². The van der Waals surface area contributed by atoms with Crippen LogP contribution in [0.15, 0.2) is 12.1 Å². The SMILES string of the molecule is CCOC(CCNc1ccc(F)c(F)c1F)OCC. The van der Waals surface area contributed by atoms with Gasteiger partial charge in [0.25, 0.3) is 0 Å². The van der Waals surface area contributed by atoms with Crippen LogP contribution in [0, 0.1) is 17.5 Å². The first kappa shape index (κ1) is 15.8. The van der Waals surface area contributed by atoms with Crippen molar-refractivity contribution in [3.8, 4) is 0 Å². The van der Waals surface area contributed by atoms with Gasteiger partial charge in [-0.15, -0.1) is 0 Å². The lowest BCUT2D eigenvalue weighted by Crippen LogP contribution is -2.21. The van der Waals surface area contributed by atoms with Crippen LogP contribution in [-0.4, -0.2) is 26.0 Å². The number of hydrogen-bond donors (Lipinski definition) is 1. The summed E-state index contributed by atoms with van der Waals surface area (Å²) in [6.07, 6.45) is 0.0796. The topological polar surface area (TPSA) is 30.5 Å². The second-order valence-electron chi connectivity index (χ2n) is 3.78. The summed E-state index contributed by atoms with van der Waals surface area (Å²) in [5, 5.41) is 2.69. The highest BCUT2D eigenvalue weighted by molar-refractivity contribution is 5.45. The Labute approximate surface area is 110 Å². The Morgan fingerprint density at radius 3 is 2.26 bits per heavy atom. The molecule has 0 aromatic heterocycles. The van der Waals surface area contributed by atoms with Crippen LogP contribution in [0.25, 0.3) is 0 Å². The van der Waals surface area contributed by atoms with E-state index in [9.17, 15) is 13.2 Å². The van der Waals surface area contributed by atoms with Crippen molar-refractivity contribution in [1.82, 2.24) is 0 Å². The van der Waals surface area contributed by atoms with Gasteiger partial charge < -0.3 is 14.8 Å². The Balaban J connectivity index is 2.50. The molecule has 0 unspecified atom stereocenters. The maximum absolute atomic E-state index is 13.3. The first-order chi connectivity index (χ1) is 9.10. The predicted molar refractivity (Wildman–Crippen MR) is 66.5 cm³/mol. The summed E-state index contributed by atoms with van der Waals surface area (Å²) in [5.74, 6) is -3.90. The maximum atomic E-state index is 13.3. The van der Waals surface area contributed by atoms with E-state index >= 15 is 0 Å². The van der Waals surface area contributed by atoms with E-state index < -0.39 is 23.7 Å². The zero-order valence-electron chi connectivity index (χ0n) is 11.0. The van der Waals surface area contributed by atoms with Crippen LogP contribution in [0.5, 0.6) is 0 Å². The molecule has 6 heteroatoms. The molecule has 1 rings (SSSR count). The third-order valence-electron chi connectivity index (χ3n) is 2.44. The zero-order chi connectivity index (χ0) is 14.3. The van der Waals surface area contributed by atoms with Crippen molar-refractivity contribution in [3.05, 3.63) is 29.6 Å². The highest BCUT2D eigenvalue weighted by Gasteiger charge is 2.13. The fourth-order valence-corrected chi connectivity index (χ4v) is 1.57. The van der Waals surface area contributed by atoms with Crippen LogP contribution < -0.4 is 5.32 Å². The number of anilines is 1. The van der Waals surface area contributed by atoms with E-state index in [1.165, 1.54) is 0 Å². The Hall–Kier alpha value is -1.27.